The summed E-state index contributed by atoms with van der Waals surface area (Å²) < 4.78 is 24.6. The van der Waals surface area contributed by atoms with Gasteiger partial charge in [-0.2, -0.15) is 0 Å². The predicted octanol–water partition coefficient (Wildman–Crippen LogP) is 3.14. The van der Waals surface area contributed by atoms with Crippen molar-refractivity contribution in [2.75, 3.05) is 24.7 Å². The third kappa shape index (κ3) is 7.23. The molecular weight excluding hydrogens is 517 g/mol. The van der Waals surface area contributed by atoms with Crippen molar-refractivity contribution in [2.24, 2.45) is 0 Å². The number of aliphatic hydroxyl groups is 1. The first-order chi connectivity index (χ1) is 17.9. The molecule has 12 heteroatoms. The van der Waals surface area contributed by atoms with Crippen molar-refractivity contribution >= 4 is 41.3 Å². The first-order valence-corrected chi connectivity index (χ1v) is 12.8. The Bertz CT molecular complexity index is 1200. The third-order valence-electron chi connectivity index (χ3n) is 5.42. The Kier molecular flexibility index (Phi) is 9.34. The van der Waals surface area contributed by atoms with Crippen LogP contribution in [-0.4, -0.2) is 64.9 Å². The lowest BCUT2D eigenvalue weighted by Crippen LogP contribution is -2.49. The van der Waals surface area contributed by atoms with Crippen molar-refractivity contribution in [3.05, 3.63) is 65.5 Å². The number of esters is 2. The zero-order valence-electron chi connectivity index (χ0n) is 21.4. The number of ether oxygens (including phenoxy) is 2. The van der Waals surface area contributed by atoms with Gasteiger partial charge in [0.15, 0.2) is 6.10 Å². The highest BCUT2D eigenvalue weighted by Gasteiger charge is 2.44. The number of benzene rings is 2. The molecule has 1 aliphatic heterocycles. The van der Waals surface area contributed by atoms with E-state index >= 15 is 0 Å². The third-order valence-corrected chi connectivity index (χ3v) is 6.73. The molecular formula is C26H30FN3O7S. The summed E-state index contributed by atoms with van der Waals surface area (Å²) in [5.74, 6) is -2.41. The number of hydrogen-bond acceptors (Lipinski definition) is 8. The second-order valence-electron chi connectivity index (χ2n) is 9.42. The van der Waals surface area contributed by atoms with Crippen molar-refractivity contribution in [3.63, 3.8) is 0 Å². The number of carbonyl (C=O) groups is 4. The standard InChI is InChI=1S/C26H30FN3O7S/c1-26(2,3)37-23(33)19-14-38-22(17-10-5-6-11-18(17)27)30(19)20(31)13-28-25(35)29-16-9-7-8-15(12-16)21(32)24(34)36-4/h5-12,19,21-22,32H,13-14H2,1-4H3,(H2,28,29,35)/t19-,21?,22+/m0/s1. The fraction of sp³-hybridized carbons (Fsp3) is 0.385. The van der Waals surface area contributed by atoms with E-state index in [1.54, 1.807) is 32.9 Å². The molecule has 1 heterocycles. The molecule has 3 rings (SSSR count). The first kappa shape index (κ1) is 28.9. The van der Waals surface area contributed by atoms with Crippen molar-refractivity contribution in [3.8, 4) is 0 Å². The summed E-state index contributed by atoms with van der Waals surface area (Å²) >= 11 is 1.23. The van der Waals surface area contributed by atoms with Gasteiger partial charge in [-0.05, 0) is 44.5 Å². The van der Waals surface area contributed by atoms with Crippen LogP contribution in [0.5, 0.6) is 0 Å². The van der Waals surface area contributed by atoms with Crippen LogP contribution in [0.15, 0.2) is 48.5 Å². The monoisotopic (exact) mass is 547 g/mol. The molecule has 0 saturated carbocycles. The van der Waals surface area contributed by atoms with Gasteiger partial charge in [0.05, 0.1) is 13.7 Å². The average Bonchev–Trinajstić information content (AvgIpc) is 3.31. The lowest BCUT2D eigenvalue weighted by Gasteiger charge is -2.30. The van der Waals surface area contributed by atoms with Crippen LogP contribution in [-0.2, 0) is 23.9 Å². The average molecular weight is 548 g/mol. The molecule has 3 amide bonds. The first-order valence-electron chi connectivity index (χ1n) is 11.7. The van der Waals surface area contributed by atoms with E-state index in [2.05, 4.69) is 15.4 Å². The van der Waals surface area contributed by atoms with Crippen molar-refractivity contribution in [1.82, 2.24) is 10.2 Å². The number of amides is 3. The van der Waals surface area contributed by atoms with E-state index < -0.39 is 59.4 Å². The van der Waals surface area contributed by atoms with Crippen LogP contribution in [0.4, 0.5) is 14.9 Å². The molecule has 10 nitrogen and oxygen atoms in total. The number of urea groups is 1. The van der Waals surface area contributed by atoms with Crippen molar-refractivity contribution in [1.29, 1.82) is 0 Å². The maximum atomic E-state index is 14.6. The summed E-state index contributed by atoms with van der Waals surface area (Å²) in [6.07, 6.45) is -1.53. The molecule has 3 atom stereocenters. The molecule has 3 N–H and O–H groups in total. The molecule has 2 aromatic carbocycles. The summed E-state index contributed by atoms with van der Waals surface area (Å²) in [5.41, 5.74) is -0.0983. The SMILES string of the molecule is COC(=O)C(O)c1cccc(NC(=O)NCC(=O)N2[C@@H](c3ccccc3F)SC[C@H]2C(=O)OC(C)(C)C)c1. The Morgan fingerprint density at radius 3 is 2.53 bits per heavy atom. The van der Waals surface area contributed by atoms with E-state index in [1.807, 2.05) is 0 Å². The minimum atomic E-state index is -1.53. The van der Waals surface area contributed by atoms with E-state index in [4.69, 9.17) is 4.74 Å². The molecule has 2 aromatic rings. The summed E-state index contributed by atoms with van der Waals surface area (Å²) in [6, 6.07) is 10.2. The number of carbonyl (C=O) groups excluding carboxylic acids is 4. The molecule has 0 aromatic heterocycles. The van der Waals surface area contributed by atoms with Gasteiger partial charge in [0.1, 0.15) is 22.8 Å². The molecule has 0 radical (unpaired) electrons. The number of nitrogens with zero attached hydrogens (tertiary/aromatic N) is 1. The zero-order chi connectivity index (χ0) is 28.0. The summed E-state index contributed by atoms with van der Waals surface area (Å²) in [5, 5.41) is 14.2. The molecule has 38 heavy (non-hydrogen) atoms. The Morgan fingerprint density at radius 2 is 1.87 bits per heavy atom. The number of aliphatic hydroxyl groups excluding tert-OH is 1. The Balaban J connectivity index is 1.72. The van der Waals surface area contributed by atoms with Crippen LogP contribution in [0.25, 0.3) is 0 Å². The van der Waals surface area contributed by atoms with E-state index in [0.717, 1.165) is 7.11 Å². The molecule has 1 unspecified atom stereocenters. The zero-order valence-corrected chi connectivity index (χ0v) is 22.2. The fourth-order valence-corrected chi connectivity index (χ4v) is 5.19. The number of thioether (sulfide) groups is 1. The minimum Gasteiger partial charge on any atom is -0.467 e. The van der Waals surface area contributed by atoms with Gasteiger partial charge in [0.25, 0.3) is 0 Å². The van der Waals surface area contributed by atoms with Crippen LogP contribution >= 0.6 is 11.8 Å². The van der Waals surface area contributed by atoms with Gasteiger partial charge in [-0.25, -0.2) is 18.8 Å². The normalized spacial score (nSPS) is 17.9. The molecule has 1 fully saturated rings. The van der Waals surface area contributed by atoms with Crippen LogP contribution in [0.3, 0.4) is 0 Å². The van der Waals surface area contributed by atoms with Gasteiger partial charge in [0.2, 0.25) is 5.91 Å². The van der Waals surface area contributed by atoms with Crippen LogP contribution < -0.4 is 10.6 Å². The number of methoxy groups -OCH3 is 1. The molecule has 0 spiro atoms. The molecule has 0 bridgehead atoms. The van der Waals surface area contributed by atoms with Crippen LogP contribution in [0.2, 0.25) is 0 Å². The van der Waals surface area contributed by atoms with Gasteiger partial charge in [-0.1, -0.05) is 30.3 Å². The number of halogens is 1. The van der Waals surface area contributed by atoms with Crippen molar-refractivity contribution < 1.29 is 38.1 Å². The number of anilines is 1. The maximum absolute atomic E-state index is 14.6. The largest absolute Gasteiger partial charge is 0.467 e. The van der Waals surface area contributed by atoms with Gasteiger partial charge in [0, 0.05) is 17.0 Å². The van der Waals surface area contributed by atoms with Gasteiger partial charge >= 0.3 is 18.0 Å². The van der Waals surface area contributed by atoms with Gasteiger partial charge < -0.3 is 30.1 Å². The Hall–Kier alpha value is -3.64. The smallest absolute Gasteiger partial charge is 0.339 e. The summed E-state index contributed by atoms with van der Waals surface area (Å²) in [7, 11) is 1.14. The van der Waals surface area contributed by atoms with Crippen LogP contribution in [0, 0.1) is 5.82 Å². The van der Waals surface area contributed by atoms with E-state index in [0.29, 0.717) is 0 Å². The summed E-state index contributed by atoms with van der Waals surface area (Å²) in [4.78, 5) is 51.5. The predicted molar refractivity (Wildman–Crippen MR) is 139 cm³/mol. The molecule has 204 valence electrons. The number of nitrogens with one attached hydrogen (secondary N) is 2. The summed E-state index contributed by atoms with van der Waals surface area (Å²) in [6.45, 7) is 4.64. The highest BCUT2D eigenvalue weighted by Crippen LogP contribution is 2.42. The van der Waals surface area contributed by atoms with Gasteiger partial charge in [-0.15, -0.1) is 11.8 Å². The lowest BCUT2D eigenvalue weighted by atomic mass is 10.1. The lowest BCUT2D eigenvalue weighted by molar-refractivity contribution is -0.163. The number of rotatable bonds is 7. The Morgan fingerprint density at radius 1 is 1.16 bits per heavy atom. The van der Waals surface area contributed by atoms with E-state index in [1.165, 1.54) is 53.1 Å². The number of hydrogen-bond donors (Lipinski definition) is 3. The van der Waals surface area contributed by atoms with Gasteiger partial charge in [-0.3, -0.25) is 4.79 Å². The van der Waals surface area contributed by atoms with E-state index in [9.17, 15) is 28.7 Å². The van der Waals surface area contributed by atoms with Crippen molar-refractivity contribution in [2.45, 2.75) is 43.9 Å². The topological polar surface area (TPSA) is 134 Å². The Labute approximate surface area is 223 Å². The highest BCUT2D eigenvalue weighted by molar-refractivity contribution is 7.99. The minimum absolute atomic E-state index is 0.196. The highest BCUT2D eigenvalue weighted by atomic mass is 32.2. The fourth-order valence-electron chi connectivity index (χ4n) is 3.73. The molecule has 1 saturated heterocycles. The van der Waals surface area contributed by atoms with E-state index in [-0.39, 0.29) is 22.6 Å². The molecule has 1 aliphatic rings. The van der Waals surface area contributed by atoms with Crippen LogP contribution in [0.1, 0.15) is 43.4 Å². The second kappa shape index (κ2) is 12.3. The maximum Gasteiger partial charge on any atom is 0.339 e. The second-order valence-corrected chi connectivity index (χ2v) is 10.5. The molecule has 0 aliphatic carbocycles. The quantitative estimate of drug-likeness (QED) is 0.450.